The van der Waals surface area contributed by atoms with Crippen LogP contribution < -0.4 is 10.1 Å². The van der Waals surface area contributed by atoms with Crippen LogP contribution in [0.15, 0.2) is 18.3 Å². The van der Waals surface area contributed by atoms with Crippen LogP contribution in [-0.4, -0.2) is 24.2 Å². The Balaban J connectivity index is 1.83. The van der Waals surface area contributed by atoms with Gasteiger partial charge in [0.1, 0.15) is 12.4 Å². The van der Waals surface area contributed by atoms with E-state index in [4.69, 9.17) is 4.74 Å². The van der Waals surface area contributed by atoms with Gasteiger partial charge in [-0.05, 0) is 31.5 Å². The van der Waals surface area contributed by atoms with E-state index in [0.717, 1.165) is 31.0 Å². The number of ether oxygens (including phenoxy) is 1. The smallest absolute Gasteiger partial charge is 0.137 e. The van der Waals surface area contributed by atoms with Gasteiger partial charge < -0.3 is 10.1 Å². The zero-order valence-electron chi connectivity index (χ0n) is 8.49. The predicted octanol–water partition coefficient (Wildman–Crippen LogP) is 1.38. The summed E-state index contributed by atoms with van der Waals surface area (Å²) in [5, 5.41) is 3.29. The maximum Gasteiger partial charge on any atom is 0.137 e. The van der Waals surface area contributed by atoms with Crippen LogP contribution in [0, 0.1) is 0 Å². The maximum atomic E-state index is 5.58. The summed E-state index contributed by atoms with van der Waals surface area (Å²) in [6, 6.07) is 4.55. The molecular formula is C11H16N2O. The number of hydrogen-bond donors (Lipinski definition) is 1. The van der Waals surface area contributed by atoms with E-state index in [1.54, 1.807) is 6.20 Å². The first kappa shape index (κ1) is 9.46. The molecule has 0 spiro atoms. The lowest BCUT2D eigenvalue weighted by atomic mass is 10.1. The van der Waals surface area contributed by atoms with Gasteiger partial charge >= 0.3 is 0 Å². The third kappa shape index (κ3) is 2.23. The van der Waals surface area contributed by atoms with Crippen molar-refractivity contribution in [2.75, 3.05) is 13.2 Å². The molecule has 1 aromatic rings. The molecule has 0 bridgehead atoms. The molecule has 1 aromatic heterocycles. The molecule has 0 radical (unpaired) electrons. The summed E-state index contributed by atoms with van der Waals surface area (Å²) in [6.07, 6.45) is 4.00. The van der Waals surface area contributed by atoms with Crippen LogP contribution in [-0.2, 0) is 6.42 Å². The third-order valence-corrected chi connectivity index (χ3v) is 2.54. The topological polar surface area (TPSA) is 34.1 Å². The summed E-state index contributed by atoms with van der Waals surface area (Å²) in [5.74, 6) is 0.871. The van der Waals surface area contributed by atoms with Gasteiger partial charge in [-0.1, -0.05) is 6.92 Å². The number of nitrogens with one attached hydrogen (secondary N) is 1. The molecule has 0 unspecified atom stereocenters. The van der Waals surface area contributed by atoms with Gasteiger partial charge in [0.15, 0.2) is 0 Å². The fraction of sp³-hybridized carbons (Fsp3) is 0.545. The van der Waals surface area contributed by atoms with Gasteiger partial charge in [0.05, 0.1) is 6.20 Å². The highest BCUT2D eigenvalue weighted by molar-refractivity contribution is 5.19. The van der Waals surface area contributed by atoms with Crippen LogP contribution in [0.2, 0.25) is 0 Å². The zero-order valence-corrected chi connectivity index (χ0v) is 8.49. The first-order valence-corrected chi connectivity index (χ1v) is 5.19. The summed E-state index contributed by atoms with van der Waals surface area (Å²) in [7, 11) is 0. The number of aryl methyl sites for hydroxylation is 1. The van der Waals surface area contributed by atoms with Crippen molar-refractivity contribution in [3.8, 4) is 5.75 Å². The van der Waals surface area contributed by atoms with Gasteiger partial charge in [0.25, 0.3) is 0 Å². The molecule has 1 atom stereocenters. The van der Waals surface area contributed by atoms with E-state index in [1.807, 2.05) is 12.1 Å². The van der Waals surface area contributed by atoms with Crippen molar-refractivity contribution < 1.29 is 4.74 Å². The molecule has 76 valence electrons. The van der Waals surface area contributed by atoms with Gasteiger partial charge in [-0.15, -0.1) is 0 Å². The molecule has 1 fully saturated rings. The van der Waals surface area contributed by atoms with Crippen LogP contribution in [0.3, 0.4) is 0 Å². The SMILES string of the molecule is CCc1ccc(OC[C@@H]2CCN2)cn1. The Bertz CT molecular complexity index is 280. The molecule has 3 nitrogen and oxygen atoms in total. The molecule has 3 heteroatoms. The number of aromatic nitrogens is 1. The first-order chi connectivity index (χ1) is 6.88. The van der Waals surface area contributed by atoms with Crippen LogP contribution in [0.5, 0.6) is 5.75 Å². The Labute approximate surface area is 84.5 Å². The van der Waals surface area contributed by atoms with E-state index in [2.05, 4.69) is 17.2 Å². The summed E-state index contributed by atoms with van der Waals surface area (Å²) in [5.41, 5.74) is 1.11. The van der Waals surface area contributed by atoms with Gasteiger partial charge in [-0.25, -0.2) is 0 Å². The van der Waals surface area contributed by atoms with Crippen molar-refractivity contribution in [1.29, 1.82) is 0 Å². The summed E-state index contributed by atoms with van der Waals surface area (Å²) >= 11 is 0. The monoisotopic (exact) mass is 192 g/mol. The minimum absolute atomic E-state index is 0.542. The zero-order chi connectivity index (χ0) is 9.80. The van der Waals surface area contributed by atoms with Crippen LogP contribution in [0.1, 0.15) is 19.0 Å². The molecule has 14 heavy (non-hydrogen) atoms. The molecule has 0 saturated carbocycles. The highest BCUT2D eigenvalue weighted by atomic mass is 16.5. The molecule has 2 heterocycles. The van der Waals surface area contributed by atoms with Gasteiger partial charge in [-0.2, -0.15) is 0 Å². The second kappa shape index (κ2) is 4.42. The van der Waals surface area contributed by atoms with Crippen molar-refractivity contribution in [3.63, 3.8) is 0 Å². The van der Waals surface area contributed by atoms with Crippen LogP contribution in [0.4, 0.5) is 0 Å². The van der Waals surface area contributed by atoms with E-state index in [9.17, 15) is 0 Å². The Morgan fingerprint density at radius 3 is 2.93 bits per heavy atom. The molecule has 0 amide bonds. The fourth-order valence-corrected chi connectivity index (χ4v) is 1.39. The average molecular weight is 192 g/mol. The van der Waals surface area contributed by atoms with Crippen LogP contribution in [0.25, 0.3) is 0 Å². The minimum atomic E-state index is 0.542. The van der Waals surface area contributed by atoms with E-state index >= 15 is 0 Å². The number of hydrogen-bond acceptors (Lipinski definition) is 3. The van der Waals surface area contributed by atoms with Crippen molar-refractivity contribution in [2.24, 2.45) is 0 Å². The highest BCUT2D eigenvalue weighted by Crippen LogP contribution is 2.11. The Morgan fingerprint density at radius 2 is 2.43 bits per heavy atom. The van der Waals surface area contributed by atoms with E-state index in [1.165, 1.54) is 6.42 Å². The summed E-state index contributed by atoms with van der Waals surface area (Å²) in [4.78, 5) is 4.27. The third-order valence-electron chi connectivity index (χ3n) is 2.54. The van der Waals surface area contributed by atoms with Crippen molar-refractivity contribution in [1.82, 2.24) is 10.3 Å². The Hall–Kier alpha value is -1.09. The Kier molecular flexibility index (Phi) is 2.99. The van der Waals surface area contributed by atoms with Crippen molar-refractivity contribution in [3.05, 3.63) is 24.0 Å². The maximum absolute atomic E-state index is 5.58. The molecule has 1 N–H and O–H groups in total. The van der Waals surface area contributed by atoms with Crippen molar-refractivity contribution >= 4 is 0 Å². The summed E-state index contributed by atoms with van der Waals surface area (Å²) < 4.78 is 5.58. The molecule has 1 saturated heterocycles. The molecule has 1 aliphatic heterocycles. The van der Waals surface area contributed by atoms with Crippen molar-refractivity contribution in [2.45, 2.75) is 25.8 Å². The largest absolute Gasteiger partial charge is 0.490 e. The second-order valence-electron chi connectivity index (χ2n) is 3.59. The average Bonchev–Trinajstić information content (AvgIpc) is 2.16. The lowest BCUT2D eigenvalue weighted by molar-refractivity contribution is 0.217. The standard InChI is InChI=1S/C11H16N2O/c1-2-9-3-4-11(7-13-9)14-8-10-5-6-12-10/h3-4,7,10,12H,2,5-6,8H2,1H3/t10-/m0/s1. The predicted molar refractivity (Wildman–Crippen MR) is 55.5 cm³/mol. The normalized spacial score (nSPS) is 20.2. The number of nitrogens with zero attached hydrogens (tertiary/aromatic N) is 1. The molecule has 1 aliphatic rings. The second-order valence-corrected chi connectivity index (χ2v) is 3.59. The molecule has 0 aliphatic carbocycles. The minimum Gasteiger partial charge on any atom is -0.490 e. The highest BCUT2D eigenvalue weighted by Gasteiger charge is 2.16. The lowest BCUT2D eigenvalue weighted by Crippen LogP contribution is -2.46. The Morgan fingerprint density at radius 1 is 1.57 bits per heavy atom. The summed E-state index contributed by atoms with van der Waals surface area (Å²) in [6.45, 7) is 3.98. The number of pyridine rings is 1. The first-order valence-electron chi connectivity index (χ1n) is 5.19. The van der Waals surface area contributed by atoms with Crippen LogP contribution >= 0.6 is 0 Å². The molecule has 2 rings (SSSR count). The molecular weight excluding hydrogens is 176 g/mol. The van der Waals surface area contributed by atoms with E-state index < -0.39 is 0 Å². The van der Waals surface area contributed by atoms with Gasteiger partial charge in [-0.3, -0.25) is 4.98 Å². The van der Waals surface area contributed by atoms with E-state index in [-0.39, 0.29) is 0 Å². The fourth-order valence-electron chi connectivity index (χ4n) is 1.39. The molecule has 0 aromatic carbocycles. The number of rotatable bonds is 4. The van der Waals surface area contributed by atoms with E-state index in [0.29, 0.717) is 6.04 Å². The lowest BCUT2D eigenvalue weighted by Gasteiger charge is -2.27. The van der Waals surface area contributed by atoms with Gasteiger partial charge in [0.2, 0.25) is 0 Å². The quantitative estimate of drug-likeness (QED) is 0.782. The van der Waals surface area contributed by atoms with Gasteiger partial charge in [0, 0.05) is 11.7 Å².